The van der Waals surface area contributed by atoms with Gasteiger partial charge in [0.1, 0.15) is 18.5 Å². The third-order valence-electron chi connectivity index (χ3n) is 5.26. The van der Waals surface area contributed by atoms with Crippen LogP contribution in [0.1, 0.15) is 89.5 Å². The highest BCUT2D eigenvalue weighted by Crippen LogP contribution is 2.16. The van der Waals surface area contributed by atoms with Crippen LogP contribution in [0.3, 0.4) is 0 Å². The smallest absolute Gasteiger partial charge is 0.119 e. The molecule has 1 atom stereocenters. The Labute approximate surface area is 167 Å². The van der Waals surface area contributed by atoms with Gasteiger partial charge in [0, 0.05) is 0 Å². The van der Waals surface area contributed by atoms with E-state index in [-0.39, 0.29) is 0 Å². The van der Waals surface area contributed by atoms with Crippen molar-refractivity contribution in [2.75, 3.05) is 13.2 Å². The summed E-state index contributed by atoms with van der Waals surface area (Å²) in [6, 6.07) is 8.45. The second kappa shape index (κ2) is 14.7. The van der Waals surface area contributed by atoms with E-state index in [1.807, 2.05) is 0 Å². The maximum Gasteiger partial charge on any atom is 0.119 e. The zero-order valence-electron chi connectivity index (χ0n) is 17.5. The standard InChI is InChI=1S/C25H40O2/c1-2-3-4-5-6-7-8-9-10-11-12-13-14-15-16-23-17-19-24(20-18-23)26-21-25-22-27-25/h14-15,17-20,25H,2-13,16,21-22H2,1H3/b15-14+. The molecule has 1 fully saturated rings. The monoisotopic (exact) mass is 372 g/mol. The molecule has 0 bridgehead atoms. The van der Waals surface area contributed by atoms with E-state index in [0.29, 0.717) is 12.7 Å². The Kier molecular flexibility index (Phi) is 12.0. The maximum absolute atomic E-state index is 5.67. The first-order valence-corrected chi connectivity index (χ1v) is 11.4. The van der Waals surface area contributed by atoms with Crippen LogP contribution in [0.15, 0.2) is 36.4 Å². The molecule has 152 valence electrons. The summed E-state index contributed by atoms with van der Waals surface area (Å²) in [6.07, 6.45) is 22.8. The van der Waals surface area contributed by atoms with Crippen LogP contribution in [0.4, 0.5) is 0 Å². The molecule has 0 spiro atoms. The fourth-order valence-electron chi connectivity index (χ4n) is 3.34. The van der Waals surface area contributed by atoms with E-state index >= 15 is 0 Å². The molecule has 2 heteroatoms. The van der Waals surface area contributed by atoms with Crippen molar-refractivity contribution >= 4 is 0 Å². The summed E-state index contributed by atoms with van der Waals surface area (Å²) in [5, 5.41) is 0. The summed E-state index contributed by atoms with van der Waals surface area (Å²) in [7, 11) is 0. The molecule has 1 aliphatic heterocycles. The minimum absolute atomic E-state index is 0.322. The number of allylic oxidation sites excluding steroid dienone is 2. The maximum atomic E-state index is 5.67. The van der Waals surface area contributed by atoms with Crippen molar-refractivity contribution in [3.8, 4) is 5.75 Å². The highest BCUT2D eigenvalue weighted by molar-refractivity contribution is 5.28. The second-order valence-corrected chi connectivity index (χ2v) is 7.91. The quantitative estimate of drug-likeness (QED) is 0.163. The SMILES string of the molecule is CCCCCCCCCCCCC/C=C/Cc1ccc(OCC2CO2)cc1. The van der Waals surface area contributed by atoms with Gasteiger partial charge in [0.15, 0.2) is 0 Å². The summed E-state index contributed by atoms with van der Waals surface area (Å²) in [6.45, 7) is 3.81. The highest BCUT2D eigenvalue weighted by atomic mass is 16.6. The molecule has 1 heterocycles. The van der Waals surface area contributed by atoms with Gasteiger partial charge >= 0.3 is 0 Å². The average Bonchev–Trinajstić information content (AvgIpc) is 3.52. The van der Waals surface area contributed by atoms with Crippen LogP contribution < -0.4 is 4.74 Å². The Bertz CT molecular complexity index is 488. The van der Waals surface area contributed by atoms with Gasteiger partial charge in [-0.3, -0.25) is 0 Å². The van der Waals surface area contributed by atoms with Crippen molar-refractivity contribution in [1.82, 2.24) is 0 Å². The third-order valence-corrected chi connectivity index (χ3v) is 5.26. The zero-order valence-corrected chi connectivity index (χ0v) is 17.5. The lowest BCUT2D eigenvalue weighted by Crippen LogP contribution is -2.03. The van der Waals surface area contributed by atoms with E-state index in [4.69, 9.17) is 9.47 Å². The van der Waals surface area contributed by atoms with Gasteiger partial charge in [0.25, 0.3) is 0 Å². The lowest BCUT2D eigenvalue weighted by Gasteiger charge is -2.04. The van der Waals surface area contributed by atoms with Gasteiger partial charge < -0.3 is 9.47 Å². The summed E-state index contributed by atoms with van der Waals surface area (Å²) >= 11 is 0. The van der Waals surface area contributed by atoms with Crippen LogP contribution >= 0.6 is 0 Å². The first-order chi connectivity index (χ1) is 13.4. The van der Waals surface area contributed by atoms with Crippen LogP contribution in [0.2, 0.25) is 0 Å². The van der Waals surface area contributed by atoms with Crippen molar-refractivity contribution in [3.63, 3.8) is 0 Å². The summed E-state index contributed by atoms with van der Waals surface area (Å²) in [5.74, 6) is 0.944. The zero-order chi connectivity index (χ0) is 19.0. The Morgan fingerprint density at radius 2 is 1.44 bits per heavy atom. The van der Waals surface area contributed by atoms with E-state index in [9.17, 15) is 0 Å². The van der Waals surface area contributed by atoms with Gasteiger partial charge in [0.05, 0.1) is 6.61 Å². The van der Waals surface area contributed by atoms with E-state index < -0.39 is 0 Å². The lowest BCUT2D eigenvalue weighted by molar-refractivity contribution is 0.263. The number of unbranched alkanes of at least 4 members (excludes halogenated alkanes) is 11. The molecule has 0 aromatic heterocycles. The number of hydrogen-bond acceptors (Lipinski definition) is 2. The minimum Gasteiger partial charge on any atom is -0.491 e. The molecule has 2 nitrogen and oxygen atoms in total. The predicted octanol–water partition coefficient (Wildman–Crippen LogP) is 7.26. The molecular formula is C25H40O2. The van der Waals surface area contributed by atoms with Gasteiger partial charge in [-0.2, -0.15) is 0 Å². The van der Waals surface area contributed by atoms with Crippen molar-refractivity contribution in [2.24, 2.45) is 0 Å². The Morgan fingerprint density at radius 3 is 2.04 bits per heavy atom. The third kappa shape index (κ3) is 11.9. The predicted molar refractivity (Wildman–Crippen MR) is 116 cm³/mol. The second-order valence-electron chi connectivity index (χ2n) is 7.91. The molecular weight excluding hydrogens is 332 g/mol. The molecule has 1 aliphatic rings. The van der Waals surface area contributed by atoms with Crippen LogP contribution in [0.5, 0.6) is 5.75 Å². The molecule has 1 aromatic rings. The largest absolute Gasteiger partial charge is 0.491 e. The molecule has 0 amide bonds. The Balaban J connectivity index is 1.38. The van der Waals surface area contributed by atoms with Gasteiger partial charge in [-0.1, -0.05) is 95.4 Å². The molecule has 2 rings (SSSR count). The van der Waals surface area contributed by atoms with Gasteiger partial charge in [-0.25, -0.2) is 0 Å². The molecule has 0 N–H and O–H groups in total. The molecule has 0 radical (unpaired) electrons. The normalized spacial score (nSPS) is 16.1. The lowest BCUT2D eigenvalue weighted by atomic mass is 10.0. The molecule has 1 aromatic carbocycles. The van der Waals surface area contributed by atoms with E-state index in [2.05, 4.69) is 43.3 Å². The number of rotatable bonds is 17. The highest BCUT2D eigenvalue weighted by Gasteiger charge is 2.22. The fraction of sp³-hybridized carbons (Fsp3) is 0.680. The van der Waals surface area contributed by atoms with Gasteiger partial charge in [-0.15, -0.1) is 0 Å². The molecule has 1 unspecified atom stereocenters. The van der Waals surface area contributed by atoms with Crippen LogP contribution in [-0.2, 0) is 11.2 Å². The molecule has 0 aliphatic carbocycles. The molecule has 27 heavy (non-hydrogen) atoms. The van der Waals surface area contributed by atoms with Crippen molar-refractivity contribution in [2.45, 2.75) is 96.5 Å². The fourth-order valence-corrected chi connectivity index (χ4v) is 3.34. The first-order valence-electron chi connectivity index (χ1n) is 11.4. The summed E-state index contributed by atoms with van der Waals surface area (Å²) < 4.78 is 10.8. The van der Waals surface area contributed by atoms with Crippen molar-refractivity contribution in [3.05, 3.63) is 42.0 Å². The topological polar surface area (TPSA) is 21.8 Å². The van der Waals surface area contributed by atoms with Crippen LogP contribution in [0.25, 0.3) is 0 Å². The van der Waals surface area contributed by atoms with E-state index in [1.165, 1.54) is 82.6 Å². The molecule has 1 saturated heterocycles. The van der Waals surface area contributed by atoms with Crippen molar-refractivity contribution < 1.29 is 9.47 Å². The summed E-state index contributed by atoms with van der Waals surface area (Å²) in [5.41, 5.74) is 1.35. The number of epoxide rings is 1. The van der Waals surface area contributed by atoms with E-state index in [1.54, 1.807) is 0 Å². The number of hydrogen-bond donors (Lipinski definition) is 0. The Morgan fingerprint density at radius 1 is 0.852 bits per heavy atom. The van der Waals surface area contributed by atoms with Crippen LogP contribution in [0, 0.1) is 0 Å². The van der Waals surface area contributed by atoms with E-state index in [0.717, 1.165) is 18.8 Å². The average molecular weight is 373 g/mol. The summed E-state index contributed by atoms with van der Waals surface area (Å²) in [4.78, 5) is 0. The Hall–Kier alpha value is -1.28. The van der Waals surface area contributed by atoms with Gasteiger partial charge in [-0.05, 0) is 37.0 Å². The van der Waals surface area contributed by atoms with Crippen molar-refractivity contribution in [1.29, 1.82) is 0 Å². The number of benzene rings is 1. The van der Waals surface area contributed by atoms with Gasteiger partial charge in [0.2, 0.25) is 0 Å². The molecule has 0 saturated carbocycles. The minimum atomic E-state index is 0.322. The number of ether oxygens (including phenoxy) is 2. The first kappa shape index (κ1) is 22.0. The van der Waals surface area contributed by atoms with Crippen LogP contribution in [-0.4, -0.2) is 19.3 Å².